The Morgan fingerprint density at radius 1 is 1.41 bits per heavy atom. The largest absolute Gasteiger partial charge is 0.508 e. The monoisotopic (exact) mass is 238 g/mol. The smallest absolute Gasteiger partial charge is 0.258 e. The molecule has 5 nitrogen and oxygen atoms in total. The highest BCUT2D eigenvalue weighted by atomic mass is 16.3. The van der Waals surface area contributed by atoms with Crippen LogP contribution in [0, 0.1) is 0 Å². The van der Waals surface area contributed by atoms with Gasteiger partial charge in [-0.05, 0) is 32.0 Å². The van der Waals surface area contributed by atoms with Crippen molar-refractivity contribution in [2.75, 3.05) is 13.1 Å². The van der Waals surface area contributed by atoms with E-state index in [4.69, 9.17) is 5.73 Å². The van der Waals surface area contributed by atoms with E-state index in [9.17, 15) is 15.0 Å². The molecule has 4 N–H and O–H groups in total. The predicted molar refractivity (Wildman–Crippen MR) is 65.0 cm³/mol. The molecule has 0 saturated heterocycles. The van der Waals surface area contributed by atoms with Gasteiger partial charge in [0.15, 0.2) is 0 Å². The van der Waals surface area contributed by atoms with Crippen molar-refractivity contribution in [3.05, 3.63) is 23.8 Å². The van der Waals surface area contributed by atoms with Gasteiger partial charge in [0.05, 0.1) is 5.56 Å². The fourth-order valence-corrected chi connectivity index (χ4v) is 1.58. The molecule has 0 saturated carbocycles. The molecule has 0 bridgehead atoms. The first kappa shape index (κ1) is 13.3. The summed E-state index contributed by atoms with van der Waals surface area (Å²) in [6.45, 7) is 4.50. The van der Waals surface area contributed by atoms with E-state index < -0.39 is 0 Å². The molecule has 0 spiro atoms. The number of phenols is 2. The Bertz CT molecular complexity index is 405. The first-order chi connectivity index (χ1) is 7.97. The average Bonchev–Trinajstić information content (AvgIpc) is 2.28. The summed E-state index contributed by atoms with van der Waals surface area (Å²) in [7, 11) is 0. The van der Waals surface area contributed by atoms with Crippen molar-refractivity contribution in [2.45, 2.75) is 19.9 Å². The van der Waals surface area contributed by atoms with Crippen molar-refractivity contribution in [3.8, 4) is 11.5 Å². The number of amides is 1. The molecule has 1 rings (SSSR count). The van der Waals surface area contributed by atoms with Gasteiger partial charge in [-0.25, -0.2) is 0 Å². The highest BCUT2D eigenvalue weighted by Gasteiger charge is 2.21. The van der Waals surface area contributed by atoms with Crippen LogP contribution in [0.4, 0.5) is 0 Å². The summed E-state index contributed by atoms with van der Waals surface area (Å²) in [5.41, 5.74) is 5.54. The van der Waals surface area contributed by atoms with Crippen LogP contribution in [-0.4, -0.2) is 40.2 Å². The topological polar surface area (TPSA) is 86.8 Å². The molecule has 1 amide bonds. The molecule has 0 aliphatic heterocycles. The lowest BCUT2D eigenvalue weighted by atomic mass is 10.1. The van der Waals surface area contributed by atoms with Crippen LogP contribution in [0.1, 0.15) is 24.2 Å². The van der Waals surface area contributed by atoms with Gasteiger partial charge in [0.1, 0.15) is 11.5 Å². The highest BCUT2D eigenvalue weighted by Crippen LogP contribution is 2.24. The molecule has 1 aromatic carbocycles. The number of carbonyl (C=O) groups excluding carboxylic acids is 1. The fourth-order valence-electron chi connectivity index (χ4n) is 1.58. The van der Waals surface area contributed by atoms with Crippen molar-refractivity contribution in [1.29, 1.82) is 0 Å². The Hall–Kier alpha value is -1.75. The molecule has 94 valence electrons. The van der Waals surface area contributed by atoms with E-state index in [2.05, 4.69) is 0 Å². The molecular formula is C12H18N2O3. The van der Waals surface area contributed by atoms with Crippen LogP contribution < -0.4 is 5.73 Å². The molecule has 0 atom stereocenters. The van der Waals surface area contributed by atoms with Gasteiger partial charge in [-0.1, -0.05) is 0 Å². The van der Waals surface area contributed by atoms with Crippen molar-refractivity contribution in [3.63, 3.8) is 0 Å². The van der Waals surface area contributed by atoms with Crippen LogP contribution in [-0.2, 0) is 0 Å². The van der Waals surface area contributed by atoms with Crippen molar-refractivity contribution in [2.24, 2.45) is 5.73 Å². The second-order valence-corrected chi connectivity index (χ2v) is 4.08. The number of aromatic hydroxyl groups is 2. The number of phenolic OH excluding ortho intramolecular Hbond substituents is 2. The summed E-state index contributed by atoms with van der Waals surface area (Å²) in [5, 5.41) is 18.9. The lowest BCUT2D eigenvalue weighted by Gasteiger charge is -2.26. The van der Waals surface area contributed by atoms with E-state index in [0.29, 0.717) is 13.1 Å². The van der Waals surface area contributed by atoms with Gasteiger partial charge in [-0.15, -0.1) is 0 Å². The van der Waals surface area contributed by atoms with Crippen LogP contribution in [0.15, 0.2) is 18.2 Å². The summed E-state index contributed by atoms with van der Waals surface area (Å²) in [5.74, 6) is -0.531. The zero-order chi connectivity index (χ0) is 13.0. The van der Waals surface area contributed by atoms with E-state index in [0.717, 1.165) is 0 Å². The van der Waals surface area contributed by atoms with Crippen molar-refractivity contribution >= 4 is 5.91 Å². The lowest BCUT2D eigenvalue weighted by Crippen LogP contribution is -2.40. The quantitative estimate of drug-likeness (QED) is 0.680. The lowest BCUT2D eigenvalue weighted by molar-refractivity contribution is 0.0708. The van der Waals surface area contributed by atoms with Gasteiger partial charge in [0.25, 0.3) is 5.91 Å². The molecule has 1 aromatic rings. The standard InChI is InChI=1S/C12H18N2O3/c1-8(2)14(6-5-13)12(17)10-7-9(15)3-4-11(10)16/h3-4,7-8,15-16H,5-6,13H2,1-2H3. The summed E-state index contributed by atoms with van der Waals surface area (Å²) in [4.78, 5) is 13.7. The first-order valence-corrected chi connectivity index (χ1v) is 5.50. The van der Waals surface area contributed by atoms with Gasteiger partial charge in [-0.2, -0.15) is 0 Å². The second-order valence-electron chi connectivity index (χ2n) is 4.08. The normalized spacial score (nSPS) is 10.6. The summed E-state index contributed by atoms with van der Waals surface area (Å²) in [6, 6.07) is 3.86. The summed E-state index contributed by atoms with van der Waals surface area (Å²) in [6.07, 6.45) is 0. The van der Waals surface area contributed by atoms with E-state index in [-0.39, 0.29) is 29.0 Å². The highest BCUT2D eigenvalue weighted by molar-refractivity contribution is 5.97. The Labute approximate surface area is 100 Å². The van der Waals surface area contributed by atoms with Crippen LogP contribution >= 0.6 is 0 Å². The number of rotatable bonds is 4. The number of benzene rings is 1. The number of hydrogen-bond donors (Lipinski definition) is 3. The number of hydrogen-bond acceptors (Lipinski definition) is 4. The van der Waals surface area contributed by atoms with Crippen LogP contribution in [0.2, 0.25) is 0 Å². The fraction of sp³-hybridized carbons (Fsp3) is 0.417. The minimum absolute atomic E-state index is 0.0206. The zero-order valence-electron chi connectivity index (χ0n) is 10.1. The first-order valence-electron chi connectivity index (χ1n) is 5.50. The van der Waals surface area contributed by atoms with Crippen LogP contribution in [0.5, 0.6) is 11.5 Å². The minimum Gasteiger partial charge on any atom is -0.508 e. The van der Waals surface area contributed by atoms with Gasteiger partial charge >= 0.3 is 0 Å². The molecule has 0 aromatic heterocycles. The maximum absolute atomic E-state index is 12.1. The molecular weight excluding hydrogens is 220 g/mol. The Morgan fingerprint density at radius 2 is 2.06 bits per heavy atom. The minimum atomic E-state index is -0.334. The van der Waals surface area contributed by atoms with E-state index in [1.54, 1.807) is 4.90 Å². The summed E-state index contributed by atoms with van der Waals surface area (Å²) >= 11 is 0. The molecule has 0 heterocycles. The Balaban J connectivity index is 3.04. The maximum Gasteiger partial charge on any atom is 0.258 e. The van der Waals surface area contributed by atoms with Crippen molar-refractivity contribution in [1.82, 2.24) is 4.90 Å². The van der Waals surface area contributed by atoms with Gasteiger partial charge in [0.2, 0.25) is 0 Å². The molecule has 17 heavy (non-hydrogen) atoms. The third kappa shape index (κ3) is 3.10. The number of carbonyl (C=O) groups is 1. The third-order valence-corrected chi connectivity index (χ3v) is 2.46. The van der Waals surface area contributed by atoms with Gasteiger partial charge in [0, 0.05) is 19.1 Å². The third-order valence-electron chi connectivity index (χ3n) is 2.46. The van der Waals surface area contributed by atoms with E-state index in [1.807, 2.05) is 13.8 Å². The molecule has 5 heteroatoms. The molecule has 0 radical (unpaired) electrons. The zero-order valence-corrected chi connectivity index (χ0v) is 10.1. The molecule has 0 aliphatic rings. The summed E-state index contributed by atoms with van der Waals surface area (Å²) < 4.78 is 0. The van der Waals surface area contributed by atoms with Gasteiger partial charge in [-0.3, -0.25) is 4.79 Å². The van der Waals surface area contributed by atoms with E-state index in [1.165, 1.54) is 18.2 Å². The maximum atomic E-state index is 12.1. The number of nitrogens with zero attached hydrogens (tertiary/aromatic N) is 1. The molecule has 0 unspecified atom stereocenters. The average molecular weight is 238 g/mol. The molecule has 0 fully saturated rings. The molecule has 0 aliphatic carbocycles. The van der Waals surface area contributed by atoms with Gasteiger partial charge < -0.3 is 20.8 Å². The van der Waals surface area contributed by atoms with Crippen LogP contribution in [0.3, 0.4) is 0 Å². The number of nitrogens with two attached hydrogens (primary N) is 1. The van der Waals surface area contributed by atoms with Crippen LogP contribution in [0.25, 0.3) is 0 Å². The van der Waals surface area contributed by atoms with E-state index >= 15 is 0 Å². The second kappa shape index (κ2) is 5.54. The Morgan fingerprint density at radius 3 is 2.59 bits per heavy atom. The van der Waals surface area contributed by atoms with Crippen molar-refractivity contribution < 1.29 is 15.0 Å². The Kier molecular flexibility index (Phi) is 4.34. The SMILES string of the molecule is CC(C)N(CCN)C(=O)c1cc(O)ccc1O. The predicted octanol–water partition coefficient (Wildman–Crippen LogP) is 0.907.